The Morgan fingerprint density at radius 3 is 2.75 bits per heavy atom. The monoisotopic (exact) mass is 399 g/mol. The van der Waals surface area contributed by atoms with Gasteiger partial charge in [0.15, 0.2) is 0 Å². The molecule has 3 heterocycles. The summed E-state index contributed by atoms with van der Waals surface area (Å²) in [7, 11) is 0. The molecule has 0 radical (unpaired) electrons. The molecule has 1 aromatic heterocycles. The molecule has 0 spiro atoms. The van der Waals surface area contributed by atoms with E-state index in [1.807, 2.05) is 30.3 Å². The Hall–Kier alpha value is -2.48. The molecule has 0 aliphatic carbocycles. The second-order valence-corrected chi connectivity index (χ2v) is 8.29. The van der Waals surface area contributed by atoms with Crippen molar-refractivity contribution >= 4 is 33.4 Å². The van der Waals surface area contributed by atoms with Crippen LogP contribution in [0.25, 0.3) is 0 Å². The molecule has 1 atom stereocenters. The van der Waals surface area contributed by atoms with Gasteiger partial charge in [-0.2, -0.15) is 0 Å². The Bertz CT molecular complexity index is 825. The lowest BCUT2D eigenvalue weighted by molar-refractivity contribution is -0.125. The molecule has 1 aromatic carbocycles. The number of rotatable bonds is 5. The first kappa shape index (κ1) is 18.9. The highest BCUT2D eigenvalue weighted by Crippen LogP contribution is 2.32. The van der Waals surface area contributed by atoms with Gasteiger partial charge in [0.05, 0.1) is 5.92 Å². The van der Waals surface area contributed by atoms with Crippen LogP contribution in [0.3, 0.4) is 0 Å². The fourth-order valence-corrected chi connectivity index (χ4v) is 4.67. The van der Waals surface area contributed by atoms with E-state index in [-0.39, 0.29) is 17.7 Å². The summed E-state index contributed by atoms with van der Waals surface area (Å²) >= 11 is 1.45. The van der Waals surface area contributed by atoms with Crippen LogP contribution in [0, 0.1) is 5.92 Å². The third kappa shape index (κ3) is 4.32. The molecule has 28 heavy (non-hydrogen) atoms. The number of hydrogen-bond acceptors (Lipinski definition) is 6. The van der Waals surface area contributed by atoms with Gasteiger partial charge in [0.1, 0.15) is 0 Å². The predicted molar refractivity (Wildman–Crippen MR) is 109 cm³/mol. The van der Waals surface area contributed by atoms with Gasteiger partial charge in [0.25, 0.3) is 0 Å². The number of hydrogen-bond donors (Lipinski definition) is 1. The van der Waals surface area contributed by atoms with Gasteiger partial charge in [0, 0.05) is 32.6 Å². The highest BCUT2D eigenvalue weighted by molar-refractivity contribution is 7.19. The number of anilines is 2. The number of piperidine rings is 2. The molecule has 2 saturated heterocycles. The molecule has 2 aliphatic heterocycles. The standard InChI is InChI=1S/C20H25N5O2S/c26-17-10-4-5-12-25(17)20-23-22-19(28-20)24-11-6-9-16(14-24)18(27)21-13-15-7-2-1-3-8-15/h1-3,7-8,16H,4-6,9-14H2,(H,21,27)/t16-/m0/s1. The zero-order valence-electron chi connectivity index (χ0n) is 15.8. The number of carbonyl (C=O) groups excluding carboxylic acids is 2. The van der Waals surface area contributed by atoms with E-state index in [2.05, 4.69) is 20.4 Å². The minimum Gasteiger partial charge on any atom is -0.352 e. The summed E-state index contributed by atoms with van der Waals surface area (Å²) < 4.78 is 0. The Kier molecular flexibility index (Phi) is 5.85. The van der Waals surface area contributed by atoms with E-state index in [1.54, 1.807) is 4.90 Å². The summed E-state index contributed by atoms with van der Waals surface area (Å²) in [4.78, 5) is 28.6. The van der Waals surface area contributed by atoms with E-state index in [9.17, 15) is 9.59 Å². The fraction of sp³-hybridized carbons (Fsp3) is 0.500. The van der Waals surface area contributed by atoms with Crippen LogP contribution in [-0.4, -0.2) is 41.6 Å². The molecule has 7 nitrogen and oxygen atoms in total. The molecular formula is C20H25N5O2S. The first-order chi connectivity index (χ1) is 13.7. The van der Waals surface area contributed by atoms with Gasteiger partial charge in [0.2, 0.25) is 22.1 Å². The van der Waals surface area contributed by atoms with E-state index in [4.69, 9.17) is 0 Å². The summed E-state index contributed by atoms with van der Waals surface area (Å²) in [5.74, 6) is 0.164. The van der Waals surface area contributed by atoms with Crippen molar-refractivity contribution in [3.05, 3.63) is 35.9 Å². The van der Waals surface area contributed by atoms with Crippen molar-refractivity contribution in [2.24, 2.45) is 5.92 Å². The van der Waals surface area contributed by atoms with E-state index >= 15 is 0 Å². The molecule has 0 saturated carbocycles. The molecule has 2 aromatic rings. The SMILES string of the molecule is O=C(NCc1ccccc1)[C@H]1CCCN(c2nnc(N3CCCCC3=O)s2)C1. The van der Waals surface area contributed by atoms with Crippen LogP contribution in [0.1, 0.15) is 37.7 Å². The minimum atomic E-state index is -0.0542. The zero-order valence-corrected chi connectivity index (χ0v) is 16.7. The summed E-state index contributed by atoms with van der Waals surface area (Å²) in [6.45, 7) is 2.78. The number of amides is 2. The normalized spacial score (nSPS) is 20.3. The number of carbonyl (C=O) groups is 2. The van der Waals surface area contributed by atoms with Gasteiger partial charge in [-0.25, -0.2) is 0 Å². The lowest BCUT2D eigenvalue weighted by Crippen LogP contribution is -2.43. The molecule has 0 unspecified atom stereocenters. The average Bonchev–Trinajstić information content (AvgIpc) is 3.23. The zero-order chi connectivity index (χ0) is 19.3. The minimum absolute atomic E-state index is 0.0542. The predicted octanol–water partition coefficient (Wildman–Crippen LogP) is 2.59. The van der Waals surface area contributed by atoms with Crippen LogP contribution in [0.5, 0.6) is 0 Å². The summed E-state index contributed by atoms with van der Waals surface area (Å²) in [5, 5.41) is 13.1. The Balaban J connectivity index is 1.36. The summed E-state index contributed by atoms with van der Waals surface area (Å²) in [6.07, 6.45) is 4.37. The molecule has 8 heteroatoms. The fourth-order valence-electron chi connectivity index (χ4n) is 3.75. The van der Waals surface area contributed by atoms with Crippen molar-refractivity contribution < 1.29 is 9.59 Å². The summed E-state index contributed by atoms with van der Waals surface area (Å²) in [5.41, 5.74) is 1.10. The van der Waals surface area contributed by atoms with Crippen LogP contribution in [0.15, 0.2) is 30.3 Å². The first-order valence-corrected chi connectivity index (χ1v) is 10.7. The molecule has 4 rings (SSSR count). The van der Waals surface area contributed by atoms with Gasteiger partial charge < -0.3 is 10.2 Å². The third-order valence-electron chi connectivity index (χ3n) is 5.33. The van der Waals surface area contributed by atoms with Gasteiger partial charge in [-0.05, 0) is 31.2 Å². The van der Waals surface area contributed by atoms with E-state index in [0.717, 1.165) is 49.5 Å². The maximum absolute atomic E-state index is 12.6. The second kappa shape index (κ2) is 8.68. The van der Waals surface area contributed by atoms with E-state index in [0.29, 0.717) is 24.6 Å². The van der Waals surface area contributed by atoms with Crippen LogP contribution < -0.4 is 15.1 Å². The van der Waals surface area contributed by atoms with Crippen LogP contribution in [-0.2, 0) is 16.1 Å². The van der Waals surface area contributed by atoms with Gasteiger partial charge in [-0.1, -0.05) is 41.7 Å². The Morgan fingerprint density at radius 1 is 1.11 bits per heavy atom. The third-order valence-corrected chi connectivity index (χ3v) is 6.34. The van der Waals surface area contributed by atoms with Crippen LogP contribution in [0.4, 0.5) is 10.3 Å². The molecule has 2 fully saturated rings. The number of aromatic nitrogens is 2. The Morgan fingerprint density at radius 2 is 1.93 bits per heavy atom. The number of nitrogens with one attached hydrogen (secondary N) is 1. The number of nitrogens with zero attached hydrogens (tertiary/aromatic N) is 4. The highest BCUT2D eigenvalue weighted by atomic mass is 32.1. The molecule has 2 amide bonds. The van der Waals surface area contributed by atoms with Crippen molar-refractivity contribution in [1.29, 1.82) is 0 Å². The highest BCUT2D eigenvalue weighted by Gasteiger charge is 2.29. The maximum atomic E-state index is 12.6. The topological polar surface area (TPSA) is 78.4 Å². The molecule has 148 valence electrons. The van der Waals surface area contributed by atoms with Crippen LogP contribution in [0.2, 0.25) is 0 Å². The van der Waals surface area contributed by atoms with Crippen molar-refractivity contribution in [2.45, 2.75) is 38.6 Å². The van der Waals surface area contributed by atoms with Crippen molar-refractivity contribution in [3.63, 3.8) is 0 Å². The molecular weight excluding hydrogens is 374 g/mol. The average molecular weight is 400 g/mol. The van der Waals surface area contributed by atoms with E-state index < -0.39 is 0 Å². The lowest BCUT2D eigenvalue weighted by Gasteiger charge is -2.31. The Labute approximate surface area is 168 Å². The first-order valence-electron chi connectivity index (χ1n) is 9.91. The molecule has 0 bridgehead atoms. The quantitative estimate of drug-likeness (QED) is 0.836. The van der Waals surface area contributed by atoms with Gasteiger partial charge >= 0.3 is 0 Å². The largest absolute Gasteiger partial charge is 0.352 e. The second-order valence-electron chi connectivity index (χ2n) is 7.36. The molecule has 1 N–H and O–H groups in total. The summed E-state index contributed by atoms with van der Waals surface area (Å²) in [6, 6.07) is 9.95. The number of benzene rings is 1. The van der Waals surface area contributed by atoms with Crippen LogP contribution >= 0.6 is 11.3 Å². The maximum Gasteiger partial charge on any atom is 0.228 e. The van der Waals surface area contributed by atoms with Gasteiger partial charge in [-0.15, -0.1) is 10.2 Å². The van der Waals surface area contributed by atoms with Crippen molar-refractivity contribution in [3.8, 4) is 0 Å². The van der Waals surface area contributed by atoms with E-state index in [1.165, 1.54) is 11.3 Å². The van der Waals surface area contributed by atoms with Crippen molar-refractivity contribution in [2.75, 3.05) is 29.4 Å². The smallest absolute Gasteiger partial charge is 0.228 e. The molecule has 2 aliphatic rings. The lowest BCUT2D eigenvalue weighted by atomic mass is 9.97. The van der Waals surface area contributed by atoms with Crippen molar-refractivity contribution in [1.82, 2.24) is 15.5 Å². The van der Waals surface area contributed by atoms with Gasteiger partial charge in [-0.3, -0.25) is 14.5 Å².